The quantitative estimate of drug-likeness (QED) is 0.779. The molecule has 1 aliphatic carbocycles. The number of rotatable bonds is 2. The molecule has 0 N–H and O–H groups in total. The van der Waals surface area contributed by atoms with Crippen molar-refractivity contribution in [2.45, 2.75) is 44.1 Å². The van der Waals surface area contributed by atoms with Gasteiger partial charge in [-0.15, -0.1) is 0 Å². The molecule has 0 saturated carbocycles. The smallest absolute Gasteiger partial charge is 0.409 e. The molecule has 3 atom stereocenters. The molecule has 26 heavy (non-hydrogen) atoms. The summed E-state index contributed by atoms with van der Waals surface area (Å²) < 4.78 is 5.17. The topological polar surface area (TPSA) is 29.5 Å². The van der Waals surface area contributed by atoms with Crippen molar-refractivity contribution >= 4 is 6.09 Å². The van der Waals surface area contributed by atoms with Crippen LogP contribution in [0.2, 0.25) is 0 Å². The first-order chi connectivity index (χ1) is 12.8. The van der Waals surface area contributed by atoms with Crippen LogP contribution in [0.4, 0.5) is 4.79 Å². The monoisotopic (exact) mass is 349 g/mol. The van der Waals surface area contributed by atoms with Crippen LogP contribution >= 0.6 is 0 Å². The number of methoxy groups -OCH3 is 1. The molecule has 2 aromatic rings. The Kier molecular flexibility index (Phi) is 4.96. The summed E-state index contributed by atoms with van der Waals surface area (Å²) in [5.74, 6) is 1.10. The number of nitrogens with zero attached hydrogens (tertiary/aromatic N) is 1. The molecule has 0 spiro atoms. The van der Waals surface area contributed by atoms with Crippen LogP contribution < -0.4 is 0 Å². The normalized spacial score (nSPS) is 25.0. The van der Waals surface area contributed by atoms with E-state index in [4.69, 9.17) is 4.74 Å². The number of amides is 1. The van der Waals surface area contributed by atoms with Crippen molar-refractivity contribution in [3.63, 3.8) is 0 Å². The van der Waals surface area contributed by atoms with E-state index in [0.717, 1.165) is 19.4 Å². The molecule has 1 heterocycles. The van der Waals surface area contributed by atoms with Crippen molar-refractivity contribution in [1.82, 2.24) is 4.90 Å². The van der Waals surface area contributed by atoms with Crippen LogP contribution in [0, 0.1) is 5.92 Å². The van der Waals surface area contributed by atoms with Gasteiger partial charge < -0.3 is 9.64 Å². The van der Waals surface area contributed by atoms with E-state index in [1.165, 1.54) is 43.1 Å². The molecule has 1 fully saturated rings. The van der Waals surface area contributed by atoms with Crippen molar-refractivity contribution in [3.8, 4) is 0 Å². The number of hydrogen-bond donors (Lipinski definition) is 0. The zero-order chi connectivity index (χ0) is 17.9. The van der Waals surface area contributed by atoms with Crippen LogP contribution in [0.3, 0.4) is 0 Å². The second kappa shape index (κ2) is 7.53. The Morgan fingerprint density at radius 2 is 1.81 bits per heavy atom. The van der Waals surface area contributed by atoms with Gasteiger partial charge >= 0.3 is 6.09 Å². The van der Waals surface area contributed by atoms with Gasteiger partial charge in [0, 0.05) is 18.5 Å². The second-order valence-corrected chi connectivity index (χ2v) is 7.65. The number of carbonyl (C=O) groups excluding carboxylic acids is 1. The second-order valence-electron chi connectivity index (χ2n) is 7.65. The summed E-state index contributed by atoms with van der Waals surface area (Å²) in [7, 11) is 1.50. The minimum atomic E-state index is -0.186. The van der Waals surface area contributed by atoms with E-state index in [2.05, 4.69) is 48.5 Å². The van der Waals surface area contributed by atoms with Gasteiger partial charge in [-0.1, -0.05) is 54.6 Å². The molecule has 0 aromatic heterocycles. The average Bonchev–Trinajstić information content (AvgIpc) is 2.88. The molecule has 0 bridgehead atoms. The molecule has 3 nitrogen and oxygen atoms in total. The van der Waals surface area contributed by atoms with Gasteiger partial charge in [-0.25, -0.2) is 4.79 Å². The van der Waals surface area contributed by atoms with Crippen LogP contribution in [0.25, 0.3) is 0 Å². The van der Waals surface area contributed by atoms with Crippen LogP contribution in [0.1, 0.15) is 41.9 Å². The fraction of sp³-hybridized carbons (Fsp3) is 0.435. The molecule has 3 heteroatoms. The van der Waals surface area contributed by atoms with E-state index in [1.54, 1.807) is 0 Å². The molecular formula is C23H27NO2. The van der Waals surface area contributed by atoms with Crippen molar-refractivity contribution in [3.05, 3.63) is 71.3 Å². The van der Waals surface area contributed by atoms with Gasteiger partial charge in [0.1, 0.15) is 0 Å². The van der Waals surface area contributed by atoms with Crippen LogP contribution in [0.15, 0.2) is 54.6 Å². The van der Waals surface area contributed by atoms with Crippen molar-refractivity contribution in [2.75, 3.05) is 13.7 Å². The maximum atomic E-state index is 12.6. The minimum absolute atomic E-state index is 0.186. The summed E-state index contributed by atoms with van der Waals surface area (Å²) in [6.45, 7) is 0.770. The van der Waals surface area contributed by atoms with Gasteiger partial charge in [0.05, 0.1) is 7.11 Å². The van der Waals surface area contributed by atoms with Crippen LogP contribution in [0.5, 0.6) is 0 Å². The third-order valence-corrected chi connectivity index (χ3v) is 6.24. The summed E-state index contributed by atoms with van der Waals surface area (Å²) in [6.07, 6.45) is 5.34. The molecule has 1 aliphatic heterocycles. The predicted octanol–water partition coefficient (Wildman–Crippen LogP) is 4.81. The lowest BCUT2D eigenvalue weighted by atomic mass is 9.73. The number of aryl methyl sites for hydroxylation is 1. The molecular weight excluding hydrogens is 322 g/mol. The molecule has 2 aromatic carbocycles. The van der Waals surface area contributed by atoms with Gasteiger partial charge in [0.25, 0.3) is 0 Å². The van der Waals surface area contributed by atoms with E-state index in [-0.39, 0.29) is 12.1 Å². The molecule has 1 saturated heterocycles. The van der Waals surface area contributed by atoms with Crippen molar-refractivity contribution < 1.29 is 9.53 Å². The lowest BCUT2D eigenvalue weighted by Gasteiger charge is -2.35. The lowest BCUT2D eigenvalue weighted by molar-refractivity contribution is 0.102. The number of fused-ring (bicyclic) bond motifs is 3. The summed E-state index contributed by atoms with van der Waals surface area (Å²) >= 11 is 0. The Balaban J connectivity index is 1.63. The first-order valence-corrected chi connectivity index (χ1v) is 9.72. The summed E-state index contributed by atoms with van der Waals surface area (Å²) in [5.41, 5.74) is 4.19. The summed E-state index contributed by atoms with van der Waals surface area (Å²) in [4.78, 5) is 14.6. The number of benzene rings is 2. The van der Waals surface area contributed by atoms with Crippen LogP contribution in [-0.4, -0.2) is 30.7 Å². The van der Waals surface area contributed by atoms with Gasteiger partial charge in [-0.3, -0.25) is 0 Å². The third kappa shape index (κ3) is 3.35. The van der Waals surface area contributed by atoms with Gasteiger partial charge in [0.2, 0.25) is 0 Å². The summed E-state index contributed by atoms with van der Waals surface area (Å²) in [5, 5.41) is 0. The molecule has 1 amide bonds. The standard InChI is InChI=1S/C23H27NO2/c1-26-23(25)24-16-22-19(12-11-18-9-5-6-10-21(18)22)13-14-20(24)15-17-7-3-2-4-8-17/h2-10,19-20,22H,11-16H2,1H3. The maximum Gasteiger partial charge on any atom is 0.409 e. The highest BCUT2D eigenvalue weighted by Gasteiger charge is 2.38. The molecule has 0 radical (unpaired) electrons. The maximum absolute atomic E-state index is 12.6. The zero-order valence-electron chi connectivity index (χ0n) is 15.4. The minimum Gasteiger partial charge on any atom is -0.453 e. The van der Waals surface area contributed by atoms with Gasteiger partial charge in [-0.05, 0) is 54.7 Å². The Morgan fingerprint density at radius 3 is 2.62 bits per heavy atom. The first-order valence-electron chi connectivity index (χ1n) is 9.72. The molecule has 4 rings (SSSR count). The Hall–Kier alpha value is -2.29. The zero-order valence-corrected chi connectivity index (χ0v) is 15.4. The Bertz CT molecular complexity index is 758. The SMILES string of the molecule is COC(=O)N1CC2c3ccccc3CCC2CCC1Cc1ccccc1. The lowest BCUT2D eigenvalue weighted by Crippen LogP contribution is -2.43. The fourth-order valence-electron chi connectivity index (χ4n) is 4.88. The van der Waals surface area contributed by atoms with E-state index >= 15 is 0 Å². The van der Waals surface area contributed by atoms with E-state index in [9.17, 15) is 4.79 Å². The number of hydrogen-bond acceptors (Lipinski definition) is 2. The van der Waals surface area contributed by atoms with Crippen molar-refractivity contribution in [1.29, 1.82) is 0 Å². The van der Waals surface area contributed by atoms with E-state index in [1.807, 2.05) is 11.0 Å². The summed E-state index contributed by atoms with van der Waals surface area (Å²) in [6, 6.07) is 19.5. The third-order valence-electron chi connectivity index (χ3n) is 6.24. The highest BCUT2D eigenvalue weighted by atomic mass is 16.5. The molecule has 2 aliphatic rings. The highest BCUT2D eigenvalue weighted by Crippen LogP contribution is 2.42. The first kappa shape index (κ1) is 17.1. The number of ether oxygens (including phenoxy) is 1. The van der Waals surface area contributed by atoms with Gasteiger partial charge in [0.15, 0.2) is 0 Å². The Labute approximate surface area is 156 Å². The number of likely N-dealkylation sites (tertiary alicyclic amines) is 1. The average molecular weight is 349 g/mol. The number of carbonyl (C=O) groups is 1. The van der Waals surface area contributed by atoms with Gasteiger partial charge in [-0.2, -0.15) is 0 Å². The predicted molar refractivity (Wildman–Crippen MR) is 103 cm³/mol. The Morgan fingerprint density at radius 1 is 1.04 bits per heavy atom. The molecule has 136 valence electrons. The van der Waals surface area contributed by atoms with Crippen LogP contribution in [-0.2, 0) is 17.6 Å². The highest BCUT2D eigenvalue weighted by molar-refractivity contribution is 5.68. The van der Waals surface area contributed by atoms with E-state index in [0.29, 0.717) is 11.8 Å². The fourth-order valence-corrected chi connectivity index (χ4v) is 4.88. The van der Waals surface area contributed by atoms with Crippen molar-refractivity contribution in [2.24, 2.45) is 5.92 Å². The van der Waals surface area contributed by atoms with E-state index < -0.39 is 0 Å². The largest absolute Gasteiger partial charge is 0.453 e. The molecule has 3 unspecified atom stereocenters.